The van der Waals surface area contributed by atoms with Gasteiger partial charge >= 0.3 is 0 Å². The topological polar surface area (TPSA) is 0 Å². The number of allylic oxidation sites excluding steroid dienone is 1. The summed E-state index contributed by atoms with van der Waals surface area (Å²) in [6.07, 6.45) is 3.28. The summed E-state index contributed by atoms with van der Waals surface area (Å²) in [6.45, 7) is 0. The molecular weight excluding hydrogens is 299 g/mol. The first-order valence-corrected chi connectivity index (χ1v) is 8.86. The predicted octanol–water partition coefficient (Wildman–Crippen LogP) is 5.43. The number of hydrogen-bond donors (Lipinski definition) is 0. The lowest BCUT2D eigenvalue weighted by Gasteiger charge is -2.16. The highest BCUT2D eigenvalue weighted by Crippen LogP contribution is 2.52. The number of fused-ring (bicyclic) bond motifs is 1. The van der Waals surface area contributed by atoms with Gasteiger partial charge in [0.05, 0.1) is 0 Å². The molecule has 0 radical (unpaired) electrons. The molecule has 2 aromatic rings. The van der Waals surface area contributed by atoms with Crippen molar-refractivity contribution in [3.05, 3.63) is 75.3 Å². The Morgan fingerprint density at radius 3 is 2.81 bits per heavy atom. The summed E-state index contributed by atoms with van der Waals surface area (Å²) >= 11 is 3.74. The number of hydrogen-bond acceptors (Lipinski definition) is 2. The average molecular weight is 314 g/mol. The van der Waals surface area contributed by atoms with Gasteiger partial charge in [-0.1, -0.05) is 48.2 Å². The number of halogens is 1. The third-order valence-corrected chi connectivity index (χ3v) is 6.76. The molecule has 2 aliphatic rings. The summed E-state index contributed by atoms with van der Waals surface area (Å²) in [4.78, 5) is 1.10. The lowest BCUT2D eigenvalue weighted by atomic mass is 9.99. The van der Waals surface area contributed by atoms with Crippen LogP contribution in [-0.2, 0) is 12.8 Å². The Labute approximate surface area is 132 Å². The van der Waals surface area contributed by atoms with Crippen molar-refractivity contribution in [2.24, 2.45) is 0 Å². The van der Waals surface area contributed by atoms with Gasteiger partial charge in [0.25, 0.3) is 0 Å². The van der Waals surface area contributed by atoms with Gasteiger partial charge in [-0.2, -0.15) is 0 Å². The van der Waals surface area contributed by atoms with Crippen molar-refractivity contribution in [3.8, 4) is 0 Å². The zero-order valence-electron chi connectivity index (χ0n) is 11.5. The van der Waals surface area contributed by atoms with E-state index >= 15 is 0 Å². The molecule has 3 heteroatoms. The van der Waals surface area contributed by atoms with Gasteiger partial charge in [-0.25, -0.2) is 4.39 Å². The lowest BCUT2D eigenvalue weighted by Crippen LogP contribution is -2.04. The van der Waals surface area contributed by atoms with Crippen LogP contribution in [0.3, 0.4) is 0 Å². The van der Waals surface area contributed by atoms with Crippen LogP contribution in [-0.4, -0.2) is 5.25 Å². The molecule has 0 saturated heterocycles. The molecule has 0 bridgehead atoms. The second-order valence-corrected chi connectivity index (χ2v) is 8.18. The standard InChI is InChI=1S/C18H15FS2/c19-15-7-6-13-9-14-10-16(8-12-4-2-1-3-5-12)20-18(14)21-17(13)11-15/h1-7,11,16H,8-10H2. The third-order valence-electron chi connectivity index (χ3n) is 3.98. The van der Waals surface area contributed by atoms with Crippen LogP contribution in [0.15, 0.2) is 63.2 Å². The van der Waals surface area contributed by atoms with Gasteiger partial charge in [0.1, 0.15) is 5.82 Å². The van der Waals surface area contributed by atoms with Gasteiger partial charge in [-0.3, -0.25) is 0 Å². The van der Waals surface area contributed by atoms with Crippen LogP contribution in [0.5, 0.6) is 0 Å². The van der Waals surface area contributed by atoms with Crippen LogP contribution in [0.4, 0.5) is 4.39 Å². The minimum atomic E-state index is -0.130. The Balaban J connectivity index is 1.49. The van der Waals surface area contributed by atoms with Crippen molar-refractivity contribution in [2.75, 3.05) is 0 Å². The van der Waals surface area contributed by atoms with Crippen molar-refractivity contribution in [1.29, 1.82) is 0 Å². The predicted molar refractivity (Wildman–Crippen MR) is 89.1 cm³/mol. The second kappa shape index (κ2) is 5.54. The summed E-state index contributed by atoms with van der Waals surface area (Å²) in [6, 6.07) is 15.9. The monoisotopic (exact) mass is 314 g/mol. The van der Waals surface area contributed by atoms with E-state index in [4.69, 9.17) is 0 Å². The number of benzene rings is 2. The molecule has 106 valence electrons. The molecule has 21 heavy (non-hydrogen) atoms. The summed E-state index contributed by atoms with van der Waals surface area (Å²) in [5, 5.41) is 0.629. The van der Waals surface area contributed by atoms with Crippen LogP contribution in [0, 0.1) is 5.82 Å². The van der Waals surface area contributed by atoms with Crippen molar-refractivity contribution in [1.82, 2.24) is 0 Å². The van der Waals surface area contributed by atoms with Gasteiger partial charge in [0.15, 0.2) is 0 Å². The fourth-order valence-electron chi connectivity index (χ4n) is 2.97. The third kappa shape index (κ3) is 2.77. The Bertz CT molecular complexity index is 706. The summed E-state index contributed by atoms with van der Waals surface area (Å²) in [5.74, 6) is -0.130. The zero-order valence-corrected chi connectivity index (χ0v) is 13.1. The number of thioether (sulfide) groups is 2. The van der Waals surface area contributed by atoms with E-state index in [2.05, 4.69) is 30.3 Å². The highest BCUT2D eigenvalue weighted by Gasteiger charge is 2.29. The molecule has 0 amide bonds. The minimum Gasteiger partial charge on any atom is -0.207 e. The summed E-state index contributed by atoms with van der Waals surface area (Å²) in [7, 11) is 0. The highest BCUT2D eigenvalue weighted by atomic mass is 32.2. The molecule has 0 aliphatic carbocycles. The van der Waals surface area contributed by atoms with Crippen molar-refractivity contribution in [2.45, 2.75) is 29.4 Å². The van der Waals surface area contributed by atoms with E-state index in [9.17, 15) is 4.39 Å². The molecule has 1 unspecified atom stereocenters. The molecule has 4 rings (SSSR count). The molecule has 0 N–H and O–H groups in total. The summed E-state index contributed by atoms with van der Waals surface area (Å²) < 4.78 is 14.8. The van der Waals surface area contributed by atoms with E-state index in [0.717, 1.165) is 17.7 Å². The molecule has 0 nitrogen and oxygen atoms in total. The SMILES string of the molecule is Fc1ccc2c(c1)SC1=C(C2)CC(Cc2ccccc2)S1. The van der Waals surface area contributed by atoms with Crippen molar-refractivity contribution < 1.29 is 4.39 Å². The molecular formula is C18H15FS2. The second-order valence-electron chi connectivity index (χ2n) is 5.56. The van der Waals surface area contributed by atoms with E-state index in [1.807, 2.05) is 17.8 Å². The van der Waals surface area contributed by atoms with Crippen molar-refractivity contribution >= 4 is 23.5 Å². The maximum absolute atomic E-state index is 13.4. The van der Waals surface area contributed by atoms with E-state index in [0.29, 0.717) is 5.25 Å². The molecule has 0 fully saturated rings. The Morgan fingerprint density at radius 2 is 1.95 bits per heavy atom. The van der Waals surface area contributed by atoms with E-state index in [1.54, 1.807) is 29.5 Å². The highest BCUT2D eigenvalue weighted by molar-refractivity contribution is 8.22. The largest absolute Gasteiger partial charge is 0.207 e. The number of rotatable bonds is 2. The van der Waals surface area contributed by atoms with E-state index in [1.165, 1.54) is 21.8 Å². The maximum Gasteiger partial charge on any atom is 0.124 e. The van der Waals surface area contributed by atoms with Crippen LogP contribution in [0.1, 0.15) is 17.5 Å². The molecule has 2 aliphatic heterocycles. The normalized spacial score (nSPS) is 20.3. The smallest absolute Gasteiger partial charge is 0.124 e. The Kier molecular flexibility index (Phi) is 3.56. The molecule has 0 saturated carbocycles. The van der Waals surface area contributed by atoms with Crippen LogP contribution in [0.25, 0.3) is 0 Å². The van der Waals surface area contributed by atoms with Gasteiger partial charge in [0, 0.05) is 14.4 Å². The van der Waals surface area contributed by atoms with Crippen LogP contribution < -0.4 is 0 Å². The quantitative estimate of drug-likeness (QED) is 0.724. The first-order chi connectivity index (χ1) is 10.3. The fourth-order valence-corrected chi connectivity index (χ4v) is 5.96. The molecule has 2 aromatic carbocycles. The van der Waals surface area contributed by atoms with E-state index in [-0.39, 0.29) is 5.82 Å². The zero-order chi connectivity index (χ0) is 14.2. The van der Waals surface area contributed by atoms with Crippen LogP contribution >= 0.6 is 23.5 Å². The summed E-state index contributed by atoms with van der Waals surface area (Å²) in [5.41, 5.74) is 4.23. The molecule has 0 spiro atoms. The van der Waals surface area contributed by atoms with Gasteiger partial charge < -0.3 is 0 Å². The fraction of sp³-hybridized carbons (Fsp3) is 0.222. The first-order valence-electron chi connectivity index (χ1n) is 7.17. The molecule has 2 heterocycles. The maximum atomic E-state index is 13.4. The molecule has 0 aromatic heterocycles. The van der Waals surface area contributed by atoms with Gasteiger partial charge in [-0.15, -0.1) is 11.8 Å². The minimum absolute atomic E-state index is 0.130. The van der Waals surface area contributed by atoms with Gasteiger partial charge in [0.2, 0.25) is 0 Å². The lowest BCUT2D eigenvalue weighted by molar-refractivity contribution is 0.622. The Hall–Kier alpha value is -1.19. The van der Waals surface area contributed by atoms with Gasteiger partial charge in [-0.05, 0) is 48.1 Å². The average Bonchev–Trinajstić information content (AvgIpc) is 2.87. The van der Waals surface area contributed by atoms with Crippen molar-refractivity contribution in [3.63, 3.8) is 0 Å². The van der Waals surface area contributed by atoms with E-state index < -0.39 is 0 Å². The molecule has 1 atom stereocenters. The Morgan fingerprint density at radius 1 is 1.10 bits per heavy atom. The van der Waals surface area contributed by atoms with Crippen LogP contribution in [0.2, 0.25) is 0 Å². The first kappa shape index (κ1) is 13.5.